The molecule has 0 radical (unpaired) electrons. The van der Waals surface area contributed by atoms with E-state index in [0.29, 0.717) is 23.6 Å². The molecule has 2 N–H and O–H groups in total. The maximum Gasteiger partial charge on any atom is 0.263 e. The topological polar surface area (TPSA) is 114 Å². The van der Waals surface area contributed by atoms with E-state index in [0.717, 1.165) is 16.7 Å². The Bertz CT molecular complexity index is 939. The highest BCUT2D eigenvalue weighted by molar-refractivity contribution is 8.39. The Kier molecular flexibility index (Phi) is 6.45. The number of benzene rings is 1. The smallest absolute Gasteiger partial charge is 0.263 e. The SMILES string of the molecule is Cc1cc(NS(=O)(=O)c2ccc(NC(=O)CCSC3=NCCS3)cc2)no1. The number of anilines is 2. The van der Waals surface area contributed by atoms with E-state index >= 15 is 0 Å². The van der Waals surface area contributed by atoms with Crippen molar-refractivity contribution in [3.8, 4) is 0 Å². The monoisotopic (exact) mass is 426 g/mol. The van der Waals surface area contributed by atoms with Crippen LogP contribution in [0.3, 0.4) is 0 Å². The second-order valence-corrected chi connectivity index (χ2v) is 9.70. The highest BCUT2D eigenvalue weighted by Crippen LogP contribution is 2.23. The van der Waals surface area contributed by atoms with E-state index < -0.39 is 10.0 Å². The van der Waals surface area contributed by atoms with Crippen LogP contribution < -0.4 is 10.0 Å². The van der Waals surface area contributed by atoms with Crippen LogP contribution in [0.15, 0.2) is 44.7 Å². The average molecular weight is 427 g/mol. The van der Waals surface area contributed by atoms with E-state index in [-0.39, 0.29) is 16.6 Å². The molecule has 144 valence electrons. The van der Waals surface area contributed by atoms with Crippen LogP contribution in [0, 0.1) is 6.92 Å². The quantitative estimate of drug-likeness (QED) is 0.700. The third kappa shape index (κ3) is 5.75. The summed E-state index contributed by atoms with van der Waals surface area (Å²) in [6, 6.07) is 7.42. The zero-order valence-corrected chi connectivity index (χ0v) is 16.9. The highest BCUT2D eigenvalue weighted by atomic mass is 32.2. The van der Waals surface area contributed by atoms with Crippen molar-refractivity contribution in [3.05, 3.63) is 36.1 Å². The highest BCUT2D eigenvalue weighted by Gasteiger charge is 2.16. The molecule has 2 heterocycles. The van der Waals surface area contributed by atoms with E-state index in [1.54, 1.807) is 42.6 Å². The van der Waals surface area contributed by atoms with Gasteiger partial charge in [0.2, 0.25) is 5.91 Å². The lowest BCUT2D eigenvalue weighted by molar-refractivity contribution is -0.115. The Balaban J connectivity index is 1.52. The fourth-order valence-corrected chi connectivity index (χ4v) is 5.19. The molecule has 1 aromatic carbocycles. The summed E-state index contributed by atoms with van der Waals surface area (Å²) >= 11 is 3.29. The Morgan fingerprint density at radius 1 is 1.33 bits per heavy atom. The Morgan fingerprint density at radius 3 is 2.74 bits per heavy atom. The molecule has 0 atom stereocenters. The van der Waals surface area contributed by atoms with Gasteiger partial charge in [0.05, 0.1) is 11.4 Å². The van der Waals surface area contributed by atoms with Crippen LogP contribution in [0.4, 0.5) is 11.5 Å². The molecule has 0 saturated carbocycles. The number of carbonyl (C=O) groups is 1. The number of rotatable bonds is 7. The van der Waals surface area contributed by atoms with Gasteiger partial charge >= 0.3 is 0 Å². The molecule has 0 saturated heterocycles. The standard InChI is InChI=1S/C16H18N4O4S3/c1-11-10-14(19-24-11)20-27(22,23)13-4-2-12(3-5-13)18-15(21)6-8-25-16-17-7-9-26-16/h2-5,10H,6-9H2,1H3,(H,18,21)(H,19,20). The minimum absolute atomic E-state index is 0.0629. The molecule has 1 aliphatic heterocycles. The predicted octanol–water partition coefficient (Wildman–Crippen LogP) is 2.95. The summed E-state index contributed by atoms with van der Waals surface area (Å²) in [6.45, 7) is 2.51. The average Bonchev–Trinajstić information content (AvgIpc) is 3.27. The predicted molar refractivity (Wildman–Crippen MR) is 109 cm³/mol. The first-order valence-corrected chi connectivity index (χ1v) is 11.5. The van der Waals surface area contributed by atoms with E-state index in [1.165, 1.54) is 18.2 Å². The number of nitrogens with one attached hydrogen (secondary N) is 2. The fraction of sp³-hybridized carbons (Fsp3) is 0.312. The summed E-state index contributed by atoms with van der Waals surface area (Å²) in [4.78, 5) is 16.4. The number of hydrogen-bond acceptors (Lipinski definition) is 8. The van der Waals surface area contributed by atoms with Crippen molar-refractivity contribution in [1.82, 2.24) is 5.16 Å². The van der Waals surface area contributed by atoms with Crippen molar-refractivity contribution in [2.24, 2.45) is 4.99 Å². The van der Waals surface area contributed by atoms with E-state index in [9.17, 15) is 13.2 Å². The molecule has 0 aliphatic carbocycles. The van der Waals surface area contributed by atoms with E-state index in [2.05, 4.69) is 20.2 Å². The number of aliphatic imine (C=N–C) groups is 1. The Labute approximate surface area is 165 Å². The third-order valence-corrected chi connectivity index (χ3v) is 7.05. The van der Waals surface area contributed by atoms with Crippen molar-refractivity contribution >= 4 is 55.3 Å². The zero-order chi connectivity index (χ0) is 19.3. The number of thioether (sulfide) groups is 2. The third-order valence-electron chi connectivity index (χ3n) is 3.43. The lowest BCUT2D eigenvalue weighted by Crippen LogP contribution is -2.14. The van der Waals surface area contributed by atoms with E-state index in [4.69, 9.17) is 4.52 Å². The molecule has 8 nitrogen and oxygen atoms in total. The lowest BCUT2D eigenvalue weighted by Gasteiger charge is -2.08. The number of aromatic nitrogens is 1. The molecule has 0 spiro atoms. The first kappa shape index (κ1) is 19.8. The van der Waals surface area contributed by atoms with Gasteiger partial charge in [-0.2, -0.15) is 0 Å². The van der Waals surface area contributed by atoms with Gasteiger partial charge in [0, 0.05) is 29.7 Å². The van der Waals surface area contributed by atoms with Gasteiger partial charge in [0.25, 0.3) is 10.0 Å². The van der Waals surface area contributed by atoms with Crippen LogP contribution in [0.2, 0.25) is 0 Å². The summed E-state index contributed by atoms with van der Waals surface area (Å²) in [6.07, 6.45) is 0.358. The Hall–Kier alpha value is -1.98. The zero-order valence-electron chi connectivity index (χ0n) is 14.5. The largest absolute Gasteiger partial charge is 0.360 e. The van der Waals surface area contributed by atoms with Crippen molar-refractivity contribution in [2.45, 2.75) is 18.2 Å². The summed E-state index contributed by atoms with van der Waals surface area (Å²) in [5.74, 6) is 2.16. The molecule has 2 aromatic rings. The lowest BCUT2D eigenvalue weighted by atomic mass is 10.3. The fourth-order valence-electron chi connectivity index (χ4n) is 2.19. The van der Waals surface area contributed by atoms with Gasteiger partial charge in [0.15, 0.2) is 5.82 Å². The molecule has 0 fully saturated rings. The van der Waals surface area contributed by atoms with Gasteiger partial charge in [0.1, 0.15) is 10.1 Å². The molecule has 11 heteroatoms. The minimum Gasteiger partial charge on any atom is -0.360 e. The van der Waals surface area contributed by atoms with Crippen LogP contribution >= 0.6 is 23.5 Å². The molecule has 1 amide bonds. The molecule has 1 aromatic heterocycles. The maximum absolute atomic E-state index is 12.3. The number of hydrogen-bond donors (Lipinski definition) is 2. The molecule has 0 unspecified atom stereocenters. The normalized spacial score (nSPS) is 14.0. The van der Waals surface area contributed by atoms with Gasteiger partial charge in [-0.1, -0.05) is 28.7 Å². The molecule has 0 bridgehead atoms. The molecule has 27 heavy (non-hydrogen) atoms. The van der Waals surface area contributed by atoms with Crippen molar-refractivity contribution in [1.29, 1.82) is 0 Å². The second-order valence-electron chi connectivity index (χ2n) is 5.60. The molecular weight excluding hydrogens is 408 g/mol. The van der Waals surface area contributed by atoms with Crippen LogP contribution in [0.5, 0.6) is 0 Å². The van der Waals surface area contributed by atoms with Gasteiger partial charge in [-0.05, 0) is 31.2 Å². The maximum atomic E-state index is 12.3. The van der Waals surface area contributed by atoms with Crippen molar-refractivity contribution in [3.63, 3.8) is 0 Å². The molecule has 3 rings (SSSR count). The molecule has 1 aliphatic rings. The van der Waals surface area contributed by atoms with Gasteiger partial charge < -0.3 is 9.84 Å². The summed E-state index contributed by atoms with van der Waals surface area (Å²) in [5, 5.41) is 6.36. The Morgan fingerprint density at radius 2 is 2.11 bits per heavy atom. The number of aryl methyl sites for hydroxylation is 1. The summed E-state index contributed by atoms with van der Waals surface area (Å²) < 4.78 is 32.8. The minimum atomic E-state index is -3.77. The van der Waals surface area contributed by atoms with Crippen molar-refractivity contribution < 1.29 is 17.7 Å². The summed E-state index contributed by atoms with van der Waals surface area (Å²) in [5.41, 5.74) is 0.536. The van der Waals surface area contributed by atoms with Crippen LogP contribution in [0.1, 0.15) is 12.2 Å². The second kappa shape index (κ2) is 8.81. The molecular formula is C16H18N4O4S3. The van der Waals surface area contributed by atoms with Gasteiger partial charge in [-0.15, -0.1) is 0 Å². The van der Waals surface area contributed by atoms with Crippen LogP contribution in [-0.4, -0.2) is 41.9 Å². The van der Waals surface area contributed by atoms with Crippen LogP contribution in [-0.2, 0) is 14.8 Å². The van der Waals surface area contributed by atoms with Gasteiger partial charge in [-0.3, -0.25) is 14.5 Å². The number of carbonyl (C=O) groups excluding carboxylic acids is 1. The first-order chi connectivity index (χ1) is 12.9. The van der Waals surface area contributed by atoms with E-state index in [1.807, 2.05) is 0 Å². The summed E-state index contributed by atoms with van der Waals surface area (Å²) in [7, 11) is -3.77. The number of nitrogens with zero attached hydrogens (tertiary/aromatic N) is 2. The van der Waals surface area contributed by atoms with Gasteiger partial charge in [-0.25, -0.2) is 8.42 Å². The number of sulfonamides is 1. The van der Waals surface area contributed by atoms with Crippen LogP contribution in [0.25, 0.3) is 0 Å². The number of amides is 1. The first-order valence-electron chi connectivity index (χ1n) is 8.08. The van der Waals surface area contributed by atoms with Crippen molar-refractivity contribution in [2.75, 3.05) is 28.1 Å².